The number of aryl methyl sites for hydroxylation is 2. The standard InChI is InChI=1S/2C17H20N4OS.C14H16N2O2S.C12H12N2O2S/c2*1-20(2)12-8-9-18-16-13(12)14-15(23-16)17(22)21(10-19-14)11-6-4-3-5-7-11;1-3-4-13-15-9-12(19)14(17)16(13)10-5-7-11(18-2)8-6-10;1-8-13-7-11(17)12(15)14(8)9-3-5-10(16-2)6-4-9/h2*8-11H,3-7H2,1-2H3;5-9,19H,3-4H2,1-2H3;3-7,17H,1-2H3. The van der Waals surface area contributed by atoms with Crippen molar-refractivity contribution in [1.29, 1.82) is 0 Å². The summed E-state index contributed by atoms with van der Waals surface area (Å²) in [7, 11) is 11.2. The number of hydrogen-bond donors (Lipinski definition) is 2. The molecule has 428 valence electrons. The van der Waals surface area contributed by atoms with Crippen LogP contribution in [0.2, 0.25) is 0 Å². The fourth-order valence-electron chi connectivity index (χ4n) is 10.5. The van der Waals surface area contributed by atoms with E-state index in [2.05, 4.69) is 62.1 Å². The van der Waals surface area contributed by atoms with Gasteiger partial charge in [0.15, 0.2) is 0 Å². The van der Waals surface area contributed by atoms with Gasteiger partial charge in [0, 0.05) is 71.5 Å². The van der Waals surface area contributed by atoms with Gasteiger partial charge in [0.2, 0.25) is 0 Å². The van der Waals surface area contributed by atoms with Crippen LogP contribution >= 0.6 is 47.9 Å². The van der Waals surface area contributed by atoms with Crippen LogP contribution < -0.4 is 41.5 Å². The van der Waals surface area contributed by atoms with Gasteiger partial charge < -0.3 is 19.3 Å². The molecule has 82 heavy (non-hydrogen) atoms. The van der Waals surface area contributed by atoms with Gasteiger partial charge in [-0.05, 0) is 99.7 Å². The van der Waals surface area contributed by atoms with E-state index in [0.717, 1.165) is 119 Å². The summed E-state index contributed by atoms with van der Waals surface area (Å²) in [5.41, 5.74) is 5.08. The van der Waals surface area contributed by atoms with E-state index in [1.54, 1.807) is 62.9 Å². The fraction of sp³-hybridized carbons (Fsp3) is 0.367. The normalized spacial score (nSPS) is 13.7. The van der Waals surface area contributed by atoms with Gasteiger partial charge in [-0.3, -0.25) is 37.4 Å². The van der Waals surface area contributed by atoms with Crippen LogP contribution in [-0.2, 0) is 6.42 Å². The summed E-state index contributed by atoms with van der Waals surface area (Å²) in [6.07, 6.45) is 23.4. The summed E-state index contributed by atoms with van der Waals surface area (Å²) >= 11 is 11.2. The second-order valence-corrected chi connectivity index (χ2v) is 23.5. The minimum Gasteiger partial charge on any atom is -0.497 e. The van der Waals surface area contributed by atoms with Gasteiger partial charge in [-0.2, -0.15) is 0 Å². The molecule has 2 aromatic carbocycles. The van der Waals surface area contributed by atoms with Gasteiger partial charge in [0.25, 0.3) is 22.2 Å². The van der Waals surface area contributed by atoms with Crippen molar-refractivity contribution < 1.29 is 9.47 Å². The minimum atomic E-state index is -0.175. The van der Waals surface area contributed by atoms with Crippen molar-refractivity contribution in [2.45, 2.75) is 113 Å². The van der Waals surface area contributed by atoms with E-state index >= 15 is 0 Å². The molecular weight excluding hydrogens is 1110 g/mol. The maximum absolute atomic E-state index is 13.0. The largest absolute Gasteiger partial charge is 0.497 e. The van der Waals surface area contributed by atoms with Gasteiger partial charge >= 0.3 is 0 Å². The summed E-state index contributed by atoms with van der Waals surface area (Å²) in [6.45, 7) is 3.83. The van der Waals surface area contributed by atoms with Crippen LogP contribution in [0.3, 0.4) is 0 Å². The number of fused-ring (bicyclic) bond motifs is 6. The molecule has 8 heterocycles. The molecule has 2 saturated carbocycles. The number of rotatable bonds is 10. The zero-order valence-corrected chi connectivity index (χ0v) is 50.8. The summed E-state index contributed by atoms with van der Waals surface area (Å²) in [4.78, 5) is 83.3. The first-order valence-corrected chi connectivity index (χ1v) is 29.9. The molecule has 0 bridgehead atoms. The van der Waals surface area contributed by atoms with E-state index in [0.29, 0.717) is 27.7 Å². The number of pyridine rings is 2. The highest BCUT2D eigenvalue weighted by atomic mass is 32.1. The van der Waals surface area contributed by atoms with Gasteiger partial charge in [-0.15, -0.1) is 47.9 Å². The number of thiophene rings is 2. The molecule has 0 unspecified atom stereocenters. The Morgan fingerprint density at radius 2 is 0.963 bits per heavy atom. The summed E-state index contributed by atoms with van der Waals surface area (Å²) in [5, 5.41) is 1.98. The van der Waals surface area contributed by atoms with Crippen LogP contribution in [0.4, 0.5) is 11.4 Å². The van der Waals surface area contributed by atoms with Crippen molar-refractivity contribution in [2.24, 2.45) is 0 Å². The van der Waals surface area contributed by atoms with E-state index in [4.69, 9.17) is 9.47 Å². The predicted octanol–water partition coefficient (Wildman–Crippen LogP) is 11.5. The average molecular weight is 1180 g/mol. The van der Waals surface area contributed by atoms with Gasteiger partial charge in [-0.25, -0.2) is 29.9 Å². The number of nitrogens with zero attached hydrogens (tertiary/aromatic N) is 12. The quantitative estimate of drug-likeness (QED) is 0.123. The maximum Gasteiger partial charge on any atom is 0.271 e. The van der Waals surface area contributed by atoms with Crippen LogP contribution in [0.15, 0.2) is 127 Å². The molecular formula is C60H68N12O6S4. The zero-order valence-electron chi connectivity index (χ0n) is 47.4. The predicted molar refractivity (Wildman–Crippen MR) is 337 cm³/mol. The van der Waals surface area contributed by atoms with Gasteiger partial charge in [0.05, 0.1) is 81.2 Å². The molecule has 0 spiro atoms. The third kappa shape index (κ3) is 12.6. The van der Waals surface area contributed by atoms with Crippen LogP contribution in [0.5, 0.6) is 11.5 Å². The Labute approximate surface area is 493 Å². The van der Waals surface area contributed by atoms with Crippen molar-refractivity contribution in [3.8, 4) is 22.9 Å². The lowest BCUT2D eigenvalue weighted by molar-refractivity contribution is 0.345. The lowest BCUT2D eigenvalue weighted by Gasteiger charge is -2.23. The third-order valence-corrected chi connectivity index (χ3v) is 17.5. The molecule has 18 nitrogen and oxygen atoms in total. The number of anilines is 2. The van der Waals surface area contributed by atoms with E-state index in [1.807, 2.05) is 95.7 Å². The second-order valence-electron chi connectivity index (χ2n) is 20.5. The first-order valence-electron chi connectivity index (χ1n) is 27.4. The lowest BCUT2D eigenvalue weighted by atomic mass is 9.95. The number of aromatic nitrogens is 10. The number of methoxy groups -OCH3 is 2. The Balaban J connectivity index is 0.000000133. The van der Waals surface area contributed by atoms with Crippen molar-refractivity contribution in [3.63, 3.8) is 0 Å². The topological polar surface area (TPSA) is 190 Å². The Kier molecular flexibility index (Phi) is 19.3. The molecule has 0 N–H and O–H groups in total. The average Bonchev–Trinajstić information content (AvgIpc) is 4.26. The smallest absolute Gasteiger partial charge is 0.271 e. The lowest BCUT2D eigenvalue weighted by Crippen LogP contribution is -2.26. The van der Waals surface area contributed by atoms with Crippen LogP contribution in [0, 0.1) is 6.92 Å². The highest BCUT2D eigenvalue weighted by molar-refractivity contribution is 7.80. The van der Waals surface area contributed by atoms with Crippen molar-refractivity contribution >= 4 is 100 Å². The summed E-state index contributed by atoms with van der Waals surface area (Å²) in [6, 6.07) is 19.1. The van der Waals surface area contributed by atoms with E-state index < -0.39 is 0 Å². The molecule has 10 aromatic rings. The molecule has 0 radical (unpaired) electrons. The fourth-order valence-corrected chi connectivity index (χ4v) is 12.9. The molecule has 0 atom stereocenters. The molecule has 0 aliphatic heterocycles. The first kappa shape index (κ1) is 59.2. The SMILES string of the molecule is CCCc1ncc(S)c(=O)n1-c1ccc(OC)cc1.CN(C)c1ccnc2sc3c(=O)n(C4CCCCC4)cnc3c12.CN(C)c1ccnc2sc3c(=O)n(C4CCCCC4)cnc3c12.COc1ccc(-n2c(C)ncc(S)c2=O)cc1. The second kappa shape index (κ2) is 26.7. The number of hydrogen-bond acceptors (Lipinski definition) is 18. The van der Waals surface area contributed by atoms with Crippen molar-refractivity contribution in [3.05, 3.63) is 151 Å². The summed E-state index contributed by atoms with van der Waals surface area (Å²) in [5.74, 6) is 2.87. The Bertz CT molecular complexity index is 3950. The Morgan fingerprint density at radius 3 is 1.38 bits per heavy atom. The number of benzene rings is 2. The molecule has 0 amide bonds. The minimum absolute atomic E-state index is 0.0922. The van der Waals surface area contributed by atoms with Crippen molar-refractivity contribution in [1.82, 2.24) is 48.2 Å². The molecule has 22 heteroatoms. The van der Waals surface area contributed by atoms with Crippen LogP contribution in [-0.4, -0.2) is 90.6 Å². The highest BCUT2D eigenvalue weighted by Gasteiger charge is 2.23. The van der Waals surface area contributed by atoms with E-state index in [9.17, 15) is 19.2 Å². The van der Waals surface area contributed by atoms with Gasteiger partial charge in [-0.1, -0.05) is 45.4 Å². The Hall–Kier alpha value is -7.40. The number of thiol groups is 2. The number of ether oxygens (including phenoxy) is 2. The highest BCUT2D eigenvalue weighted by Crippen LogP contribution is 2.38. The molecule has 2 aliphatic rings. The molecule has 12 rings (SSSR count). The summed E-state index contributed by atoms with van der Waals surface area (Å²) < 4.78 is 18.5. The van der Waals surface area contributed by atoms with E-state index in [-0.39, 0.29) is 22.2 Å². The molecule has 8 aromatic heterocycles. The molecule has 2 fully saturated rings. The Morgan fingerprint density at radius 1 is 0.549 bits per heavy atom. The van der Waals surface area contributed by atoms with Crippen LogP contribution in [0.25, 0.3) is 52.2 Å². The molecule has 2 aliphatic carbocycles. The van der Waals surface area contributed by atoms with Crippen molar-refractivity contribution in [2.75, 3.05) is 52.2 Å². The van der Waals surface area contributed by atoms with E-state index in [1.165, 1.54) is 78.2 Å². The van der Waals surface area contributed by atoms with Crippen LogP contribution in [0.1, 0.15) is 101 Å². The van der Waals surface area contributed by atoms with Gasteiger partial charge in [0.1, 0.15) is 42.2 Å². The monoisotopic (exact) mass is 1180 g/mol. The zero-order chi connectivity index (χ0) is 58.2. The third-order valence-electron chi connectivity index (χ3n) is 14.7. The maximum atomic E-state index is 13.0. The molecule has 0 saturated heterocycles. The first-order chi connectivity index (χ1) is 39.6.